The van der Waals surface area contributed by atoms with Crippen LogP contribution >= 0.6 is 0 Å². The third kappa shape index (κ3) is 3.41. The molecule has 104 valence electrons. The third-order valence-corrected chi connectivity index (χ3v) is 2.62. The average molecular weight is 273 g/mol. The Morgan fingerprint density at radius 2 is 1.70 bits per heavy atom. The Labute approximate surface area is 116 Å². The van der Waals surface area contributed by atoms with Crippen LogP contribution in [0.4, 0.5) is 5.69 Å². The number of benzene rings is 2. The van der Waals surface area contributed by atoms with Crippen LogP contribution < -0.4 is 15.2 Å². The molecular weight excluding hydrogens is 258 g/mol. The second-order valence-electron chi connectivity index (χ2n) is 4.04. The van der Waals surface area contributed by atoms with Crippen LogP contribution in [0.5, 0.6) is 11.5 Å². The van der Waals surface area contributed by atoms with Gasteiger partial charge >= 0.3 is 5.97 Å². The zero-order valence-corrected chi connectivity index (χ0v) is 10.8. The number of rotatable bonds is 6. The SMILES string of the molecule is Nc1cccc(C(=O)O)c1OCCOc1ccccc1. The van der Waals surface area contributed by atoms with Crippen LogP contribution in [0, 0.1) is 0 Å². The first-order chi connectivity index (χ1) is 9.68. The van der Waals surface area contributed by atoms with E-state index in [2.05, 4.69) is 0 Å². The molecule has 0 fully saturated rings. The van der Waals surface area contributed by atoms with E-state index < -0.39 is 5.97 Å². The molecule has 2 aromatic carbocycles. The van der Waals surface area contributed by atoms with Gasteiger partial charge in [-0.3, -0.25) is 0 Å². The maximum Gasteiger partial charge on any atom is 0.339 e. The van der Waals surface area contributed by atoms with Crippen molar-refractivity contribution in [1.82, 2.24) is 0 Å². The molecule has 3 N–H and O–H groups in total. The first-order valence-electron chi connectivity index (χ1n) is 6.11. The van der Waals surface area contributed by atoms with E-state index in [4.69, 9.17) is 20.3 Å². The number of carboxylic acid groups (broad SMARTS) is 1. The van der Waals surface area contributed by atoms with E-state index in [0.717, 1.165) is 5.75 Å². The number of carbonyl (C=O) groups is 1. The van der Waals surface area contributed by atoms with Crippen molar-refractivity contribution in [2.24, 2.45) is 0 Å². The lowest BCUT2D eigenvalue weighted by atomic mass is 10.2. The van der Waals surface area contributed by atoms with E-state index in [0.29, 0.717) is 12.3 Å². The van der Waals surface area contributed by atoms with Crippen LogP contribution in [0.15, 0.2) is 48.5 Å². The van der Waals surface area contributed by atoms with Gasteiger partial charge in [0, 0.05) is 0 Å². The highest BCUT2D eigenvalue weighted by Crippen LogP contribution is 2.26. The fourth-order valence-electron chi connectivity index (χ4n) is 1.70. The fraction of sp³-hybridized carbons (Fsp3) is 0.133. The summed E-state index contributed by atoms with van der Waals surface area (Å²) in [5.74, 6) is -0.163. The van der Waals surface area contributed by atoms with Gasteiger partial charge in [0.05, 0.1) is 5.69 Å². The summed E-state index contributed by atoms with van der Waals surface area (Å²) in [5, 5.41) is 9.06. The number of ether oxygens (including phenoxy) is 2. The number of nitrogen functional groups attached to an aromatic ring is 1. The lowest BCUT2D eigenvalue weighted by Gasteiger charge is -2.12. The minimum absolute atomic E-state index is 0.0460. The van der Waals surface area contributed by atoms with Gasteiger partial charge in [0.1, 0.15) is 24.5 Å². The largest absolute Gasteiger partial charge is 0.490 e. The molecule has 0 aromatic heterocycles. The lowest BCUT2D eigenvalue weighted by Crippen LogP contribution is -2.12. The summed E-state index contributed by atoms with van der Waals surface area (Å²) in [6, 6.07) is 13.9. The van der Waals surface area contributed by atoms with E-state index in [1.54, 1.807) is 12.1 Å². The molecule has 0 saturated carbocycles. The summed E-state index contributed by atoms with van der Waals surface area (Å²) in [6.07, 6.45) is 0. The molecule has 2 rings (SSSR count). The zero-order chi connectivity index (χ0) is 14.4. The minimum Gasteiger partial charge on any atom is -0.490 e. The average Bonchev–Trinajstić information content (AvgIpc) is 2.45. The van der Waals surface area contributed by atoms with Gasteiger partial charge in [0.2, 0.25) is 0 Å². The molecule has 5 nitrogen and oxygen atoms in total. The van der Waals surface area contributed by atoms with E-state index >= 15 is 0 Å². The second kappa shape index (κ2) is 6.47. The van der Waals surface area contributed by atoms with Gasteiger partial charge in [-0.15, -0.1) is 0 Å². The van der Waals surface area contributed by atoms with Gasteiger partial charge in [-0.05, 0) is 24.3 Å². The number of aromatic carboxylic acids is 1. The molecule has 20 heavy (non-hydrogen) atoms. The molecule has 0 amide bonds. The first kappa shape index (κ1) is 13.7. The topological polar surface area (TPSA) is 81.8 Å². The van der Waals surface area contributed by atoms with Gasteiger partial charge in [0.15, 0.2) is 5.75 Å². The van der Waals surface area contributed by atoms with Crippen molar-refractivity contribution in [2.75, 3.05) is 18.9 Å². The molecule has 0 aliphatic heterocycles. The Morgan fingerprint density at radius 3 is 2.40 bits per heavy atom. The minimum atomic E-state index is -1.07. The Bertz CT molecular complexity index is 584. The summed E-state index contributed by atoms with van der Waals surface area (Å²) in [7, 11) is 0. The van der Waals surface area contributed by atoms with Crippen molar-refractivity contribution in [3.63, 3.8) is 0 Å². The van der Waals surface area contributed by atoms with Gasteiger partial charge in [0.25, 0.3) is 0 Å². The predicted octanol–water partition coefficient (Wildman–Crippen LogP) is 2.42. The number of anilines is 1. The third-order valence-electron chi connectivity index (χ3n) is 2.62. The molecule has 0 heterocycles. The molecule has 0 radical (unpaired) electrons. The Morgan fingerprint density at radius 1 is 1.00 bits per heavy atom. The first-order valence-corrected chi connectivity index (χ1v) is 6.11. The van der Waals surface area contributed by atoms with Crippen molar-refractivity contribution >= 4 is 11.7 Å². The van der Waals surface area contributed by atoms with Crippen molar-refractivity contribution in [2.45, 2.75) is 0 Å². The fourth-order valence-corrected chi connectivity index (χ4v) is 1.70. The van der Waals surface area contributed by atoms with Crippen LogP contribution in [0.1, 0.15) is 10.4 Å². The summed E-state index contributed by atoms with van der Waals surface area (Å²) in [5.41, 5.74) is 6.07. The molecular formula is C15H15NO4. The monoisotopic (exact) mass is 273 g/mol. The maximum atomic E-state index is 11.1. The molecule has 0 spiro atoms. The highest BCUT2D eigenvalue weighted by molar-refractivity contribution is 5.93. The number of carboxylic acids is 1. The number of nitrogens with two attached hydrogens (primary N) is 1. The molecule has 2 aromatic rings. The number of hydrogen-bond donors (Lipinski definition) is 2. The Balaban J connectivity index is 1.93. The highest BCUT2D eigenvalue weighted by Gasteiger charge is 2.13. The van der Waals surface area contributed by atoms with Crippen molar-refractivity contribution in [1.29, 1.82) is 0 Å². The molecule has 0 saturated heterocycles. The van der Waals surface area contributed by atoms with E-state index in [1.807, 2.05) is 30.3 Å². The Hall–Kier alpha value is -2.69. The summed E-state index contributed by atoms with van der Waals surface area (Å²) in [4.78, 5) is 11.1. The molecule has 0 unspecified atom stereocenters. The van der Waals surface area contributed by atoms with Crippen LogP contribution in [0.3, 0.4) is 0 Å². The molecule has 5 heteroatoms. The second-order valence-corrected chi connectivity index (χ2v) is 4.04. The maximum absolute atomic E-state index is 11.1. The van der Waals surface area contributed by atoms with Gasteiger partial charge in [-0.25, -0.2) is 4.79 Å². The van der Waals surface area contributed by atoms with E-state index in [-0.39, 0.29) is 17.9 Å². The number of para-hydroxylation sites is 2. The van der Waals surface area contributed by atoms with Crippen LogP contribution in [0.2, 0.25) is 0 Å². The summed E-state index contributed by atoms with van der Waals surface area (Å²) >= 11 is 0. The molecule has 0 aliphatic carbocycles. The van der Waals surface area contributed by atoms with Crippen LogP contribution in [-0.4, -0.2) is 24.3 Å². The van der Waals surface area contributed by atoms with Gasteiger partial charge < -0.3 is 20.3 Å². The van der Waals surface area contributed by atoms with Crippen LogP contribution in [-0.2, 0) is 0 Å². The Kier molecular flexibility index (Phi) is 4.44. The van der Waals surface area contributed by atoms with Crippen molar-refractivity contribution < 1.29 is 19.4 Å². The number of hydrogen-bond acceptors (Lipinski definition) is 4. The van der Waals surface area contributed by atoms with Crippen molar-refractivity contribution in [3.8, 4) is 11.5 Å². The molecule has 0 aliphatic rings. The zero-order valence-electron chi connectivity index (χ0n) is 10.8. The lowest BCUT2D eigenvalue weighted by molar-refractivity contribution is 0.0691. The standard InChI is InChI=1S/C15H15NO4/c16-13-8-4-7-12(15(17)18)14(13)20-10-9-19-11-5-2-1-3-6-11/h1-8H,9-10,16H2,(H,17,18). The molecule has 0 bridgehead atoms. The van der Waals surface area contributed by atoms with Crippen molar-refractivity contribution in [3.05, 3.63) is 54.1 Å². The summed E-state index contributed by atoms with van der Waals surface area (Å²) in [6.45, 7) is 0.515. The van der Waals surface area contributed by atoms with Gasteiger partial charge in [-0.2, -0.15) is 0 Å². The summed E-state index contributed by atoms with van der Waals surface area (Å²) < 4.78 is 10.9. The van der Waals surface area contributed by atoms with Crippen LogP contribution in [0.25, 0.3) is 0 Å². The molecule has 0 atom stereocenters. The smallest absolute Gasteiger partial charge is 0.339 e. The van der Waals surface area contributed by atoms with E-state index in [1.165, 1.54) is 6.07 Å². The predicted molar refractivity (Wildman–Crippen MR) is 75.2 cm³/mol. The quantitative estimate of drug-likeness (QED) is 0.624. The van der Waals surface area contributed by atoms with Gasteiger partial charge in [-0.1, -0.05) is 24.3 Å². The highest BCUT2D eigenvalue weighted by atomic mass is 16.5. The van der Waals surface area contributed by atoms with E-state index in [9.17, 15) is 4.79 Å². The normalized spacial score (nSPS) is 10.0.